The number of hydrogen-bond donors (Lipinski definition) is 1. The minimum atomic E-state index is -0.157. The Labute approximate surface area is 180 Å². The molecular formula is C23H23ClN4O2. The second kappa shape index (κ2) is 9.59. The Morgan fingerprint density at radius 1 is 1.03 bits per heavy atom. The molecule has 0 saturated carbocycles. The molecule has 1 aliphatic heterocycles. The molecule has 6 nitrogen and oxygen atoms in total. The van der Waals surface area contributed by atoms with Crippen LogP contribution in [0.4, 0.5) is 5.82 Å². The number of carbonyl (C=O) groups is 1. The summed E-state index contributed by atoms with van der Waals surface area (Å²) in [4.78, 5) is 23.5. The van der Waals surface area contributed by atoms with E-state index in [4.69, 9.17) is 16.3 Å². The fourth-order valence-electron chi connectivity index (χ4n) is 3.43. The fraction of sp³-hybridized carbons (Fsp3) is 0.261. The van der Waals surface area contributed by atoms with Crippen molar-refractivity contribution in [1.29, 1.82) is 0 Å². The van der Waals surface area contributed by atoms with Crippen LogP contribution in [0.1, 0.15) is 35.2 Å². The molecule has 1 N–H and O–H groups in total. The topological polar surface area (TPSA) is 67.3 Å². The highest BCUT2D eigenvalue weighted by atomic mass is 35.5. The Bertz CT molecular complexity index is 1000. The van der Waals surface area contributed by atoms with E-state index in [-0.39, 0.29) is 5.91 Å². The zero-order valence-electron chi connectivity index (χ0n) is 16.6. The van der Waals surface area contributed by atoms with Gasteiger partial charge in [0.1, 0.15) is 5.75 Å². The lowest BCUT2D eigenvalue weighted by atomic mass is 10.1. The van der Waals surface area contributed by atoms with Gasteiger partial charge in [0.05, 0.1) is 0 Å². The van der Waals surface area contributed by atoms with Crippen molar-refractivity contribution in [2.45, 2.75) is 25.8 Å². The number of ether oxygens (including phenoxy) is 1. The monoisotopic (exact) mass is 422 g/mol. The van der Waals surface area contributed by atoms with Crippen molar-refractivity contribution in [1.82, 2.24) is 15.3 Å². The molecule has 0 unspecified atom stereocenters. The summed E-state index contributed by atoms with van der Waals surface area (Å²) in [6.07, 6.45) is 6.85. The number of aromatic nitrogens is 2. The second-order valence-electron chi connectivity index (χ2n) is 7.17. The summed E-state index contributed by atoms with van der Waals surface area (Å²) in [5.41, 5.74) is 1.50. The van der Waals surface area contributed by atoms with Crippen molar-refractivity contribution < 1.29 is 9.53 Å². The van der Waals surface area contributed by atoms with Gasteiger partial charge in [-0.05, 0) is 61.2 Å². The van der Waals surface area contributed by atoms with E-state index in [9.17, 15) is 4.79 Å². The van der Waals surface area contributed by atoms with Crippen molar-refractivity contribution in [3.63, 3.8) is 0 Å². The van der Waals surface area contributed by atoms with Crippen LogP contribution >= 0.6 is 11.6 Å². The summed E-state index contributed by atoms with van der Waals surface area (Å²) >= 11 is 5.98. The summed E-state index contributed by atoms with van der Waals surface area (Å²) in [7, 11) is 0. The number of rotatable bonds is 6. The first kappa shape index (κ1) is 20.2. The summed E-state index contributed by atoms with van der Waals surface area (Å²) in [6.45, 7) is 2.33. The van der Waals surface area contributed by atoms with Gasteiger partial charge in [0.2, 0.25) is 0 Å². The normalized spacial score (nSPS) is 13.7. The van der Waals surface area contributed by atoms with Gasteiger partial charge in [-0.15, -0.1) is 0 Å². The van der Waals surface area contributed by atoms with Gasteiger partial charge in [-0.3, -0.25) is 4.79 Å². The molecule has 0 atom stereocenters. The predicted octanol–water partition coefficient (Wildman–Crippen LogP) is 4.84. The van der Waals surface area contributed by atoms with Crippen LogP contribution in [-0.4, -0.2) is 29.0 Å². The zero-order valence-corrected chi connectivity index (χ0v) is 17.3. The zero-order chi connectivity index (χ0) is 20.8. The lowest BCUT2D eigenvalue weighted by Gasteiger charge is -2.28. The number of amides is 1. The Hall–Kier alpha value is -3.12. The largest absolute Gasteiger partial charge is 0.436 e. The highest BCUT2D eigenvalue weighted by molar-refractivity contribution is 6.30. The molecule has 1 fully saturated rings. The Kier molecular flexibility index (Phi) is 6.44. The molecule has 1 amide bonds. The number of benzene rings is 2. The van der Waals surface area contributed by atoms with Crippen LogP contribution in [0.3, 0.4) is 0 Å². The van der Waals surface area contributed by atoms with Gasteiger partial charge in [0.25, 0.3) is 11.8 Å². The molecule has 0 bridgehead atoms. The van der Waals surface area contributed by atoms with Crippen molar-refractivity contribution in [2.75, 3.05) is 18.0 Å². The highest BCUT2D eigenvalue weighted by Gasteiger charge is 2.18. The van der Waals surface area contributed by atoms with Gasteiger partial charge in [-0.1, -0.05) is 23.7 Å². The maximum Gasteiger partial charge on any atom is 0.263 e. The Morgan fingerprint density at radius 2 is 1.80 bits per heavy atom. The van der Waals surface area contributed by atoms with Crippen LogP contribution in [0, 0.1) is 0 Å². The highest BCUT2D eigenvalue weighted by Crippen LogP contribution is 2.29. The Balaban J connectivity index is 1.40. The van der Waals surface area contributed by atoms with Crippen LogP contribution in [0.2, 0.25) is 5.02 Å². The van der Waals surface area contributed by atoms with Gasteiger partial charge in [0.15, 0.2) is 5.82 Å². The first-order valence-electron chi connectivity index (χ1n) is 10.1. The van der Waals surface area contributed by atoms with E-state index in [0.29, 0.717) is 28.8 Å². The number of halogens is 1. The summed E-state index contributed by atoms with van der Waals surface area (Å²) in [5, 5.41) is 3.55. The van der Waals surface area contributed by atoms with Gasteiger partial charge in [-0.2, -0.15) is 0 Å². The van der Waals surface area contributed by atoms with E-state index in [1.54, 1.807) is 42.7 Å². The first-order valence-corrected chi connectivity index (χ1v) is 10.4. The number of carbonyl (C=O) groups excluding carboxylic acids is 1. The molecule has 4 rings (SSSR count). The van der Waals surface area contributed by atoms with E-state index >= 15 is 0 Å². The summed E-state index contributed by atoms with van der Waals surface area (Å²) in [6, 6.07) is 14.4. The quantitative estimate of drug-likeness (QED) is 0.615. The third-order valence-electron chi connectivity index (χ3n) is 4.98. The molecule has 7 heteroatoms. The molecule has 0 aliphatic carbocycles. The average molecular weight is 423 g/mol. The molecule has 154 valence electrons. The number of nitrogens with one attached hydrogen (secondary N) is 1. The second-order valence-corrected chi connectivity index (χ2v) is 7.61. The summed E-state index contributed by atoms with van der Waals surface area (Å²) in [5.74, 6) is 1.70. The standard InChI is InChI=1S/C23H23ClN4O2/c24-19-6-4-5-17(15-19)16-27-22(29)18-7-9-20(10-8-18)30-23-21(25-11-12-26-23)28-13-2-1-3-14-28/h4-12,15H,1-3,13-14,16H2,(H,27,29). The minimum Gasteiger partial charge on any atom is -0.436 e. The lowest BCUT2D eigenvalue weighted by Crippen LogP contribution is -2.30. The smallest absolute Gasteiger partial charge is 0.263 e. The van der Waals surface area contributed by atoms with Crippen molar-refractivity contribution in [3.8, 4) is 11.6 Å². The third-order valence-corrected chi connectivity index (χ3v) is 5.21. The van der Waals surface area contributed by atoms with Gasteiger partial charge in [0, 0.05) is 42.6 Å². The lowest BCUT2D eigenvalue weighted by molar-refractivity contribution is 0.0951. The van der Waals surface area contributed by atoms with E-state index < -0.39 is 0 Å². The van der Waals surface area contributed by atoms with Crippen LogP contribution < -0.4 is 15.0 Å². The third kappa shape index (κ3) is 5.07. The maximum atomic E-state index is 12.4. The maximum absolute atomic E-state index is 12.4. The molecule has 2 aromatic carbocycles. The Morgan fingerprint density at radius 3 is 2.57 bits per heavy atom. The molecule has 0 radical (unpaired) electrons. The summed E-state index contributed by atoms with van der Waals surface area (Å²) < 4.78 is 5.98. The van der Waals surface area contributed by atoms with Crippen molar-refractivity contribution in [2.24, 2.45) is 0 Å². The fourth-order valence-corrected chi connectivity index (χ4v) is 3.64. The van der Waals surface area contributed by atoms with Crippen LogP contribution in [0.25, 0.3) is 0 Å². The molecule has 1 aromatic heterocycles. The number of hydrogen-bond acceptors (Lipinski definition) is 5. The molecule has 0 spiro atoms. The molecule has 3 aromatic rings. The molecule has 1 aliphatic rings. The molecule has 30 heavy (non-hydrogen) atoms. The number of piperidine rings is 1. The van der Waals surface area contributed by atoms with E-state index in [2.05, 4.69) is 20.2 Å². The molecular weight excluding hydrogens is 400 g/mol. The predicted molar refractivity (Wildman–Crippen MR) is 117 cm³/mol. The van der Waals surface area contributed by atoms with Gasteiger partial charge in [-0.25, -0.2) is 9.97 Å². The minimum absolute atomic E-state index is 0.157. The SMILES string of the molecule is O=C(NCc1cccc(Cl)c1)c1ccc(Oc2nccnc2N2CCCCC2)cc1. The van der Waals surface area contributed by atoms with Crippen molar-refractivity contribution >= 4 is 23.3 Å². The molecule has 2 heterocycles. The van der Waals surface area contributed by atoms with Gasteiger partial charge >= 0.3 is 0 Å². The van der Waals surface area contributed by atoms with Crippen LogP contribution in [0.5, 0.6) is 11.6 Å². The molecule has 1 saturated heterocycles. The van der Waals surface area contributed by atoms with Gasteiger partial charge < -0.3 is 15.0 Å². The van der Waals surface area contributed by atoms with E-state index in [1.165, 1.54) is 6.42 Å². The average Bonchev–Trinajstić information content (AvgIpc) is 2.79. The van der Waals surface area contributed by atoms with E-state index in [0.717, 1.165) is 37.3 Å². The number of nitrogens with zero attached hydrogens (tertiary/aromatic N) is 3. The van der Waals surface area contributed by atoms with Crippen LogP contribution in [0.15, 0.2) is 60.9 Å². The van der Waals surface area contributed by atoms with Crippen LogP contribution in [-0.2, 0) is 6.54 Å². The number of anilines is 1. The van der Waals surface area contributed by atoms with Crippen molar-refractivity contribution in [3.05, 3.63) is 77.1 Å². The van der Waals surface area contributed by atoms with E-state index in [1.807, 2.05) is 18.2 Å². The first-order chi connectivity index (χ1) is 14.7.